The summed E-state index contributed by atoms with van der Waals surface area (Å²) in [6.07, 6.45) is 5.11. The smallest absolute Gasteiger partial charge is 0.243 e. The van der Waals surface area contributed by atoms with Gasteiger partial charge < -0.3 is 10.2 Å². The summed E-state index contributed by atoms with van der Waals surface area (Å²) in [5, 5.41) is 2.84. The molecule has 0 saturated heterocycles. The lowest BCUT2D eigenvalue weighted by Gasteiger charge is -2.17. The van der Waals surface area contributed by atoms with E-state index in [1.807, 2.05) is 0 Å². The molecule has 0 fully saturated rings. The third-order valence-electron chi connectivity index (χ3n) is 3.37. The van der Waals surface area contributed by atoms with Crippen molar-refractivity contribution in [2.75, 3.05) is 26.2 Å². The van der Waals surface area contributed by atoms with Crippen LogP contribution in [0.25, 0.3) is 6.08 Å². The van der Waals surface area contributed by atoms with Crippen molar-refractivity contribution in [1.29, 1.82) is 0 Å². The molecule has 1 aromatic rings. The Morgan fingerprint density at radius 1 is 1.29 bits per heavy atom. The fourth-order valence-corrected chi connectivity index (χ4v) is 2.05. The fourth-order valence-electron chi connectivity index (χ4n) is 2.05. The molecule has 0 spiro atoms. The lowest BCUT2D eigenvalue weighted by Crippen LogP contribution is -2.26. The molecule has 0 aliphatic rings. The molecule has 0 saturated carbocycles. The summed E-state index contributed by atoms with van der Waals surface area (Å²) < 4.78 is 13.0. The number of rotatable bonds is 9. The molecule has 4 heteroatoms. The van der Waals surface area contributed by atoms with Crippen molar-refractivity contribution in [2.45, 2.75) is 26.7 Å². The van der Waals surface area contributed by atoms with Gasteiger partial charge in [-0.05, 0) is 56.2 Å². The van der Waals surface area contributed by atoms with Crippen LogP contribution in [0.15, 0.2) is 30.3 Å². The van der Waals surface area contributed by atoms with Gasteiger partial charge in [0.05, 0.1) is 0 Å². The number of hydrogen-bond donors (Lipinski definition) is 1. The van der Waals surface area contributed by atoms with E-state index < -0.39 is 0 Å². The topological polar surface area (TPSA) is 32.3 Å². The molecule has 0 aliphatic carbocycles. The van der Waals surface area contributed by atoms with Gasteiger partial charge in [-0.25, -0.2) is 4.39 Å². The zero-order valence-electron chi connectivity index (χ0n) is 12.9. The number of carbonyl (C=O) groups excluding carboxylic acids is 1. The zero-order chi connectivity index (χ0) is 15.5. The van der Waals surface area contributed by atoms with Gasteiger partial charge in [-0.2, -0.15) is 0 Å². The van der Waals surface area contributed by atoms with Gasteiger partial charge in [-0.3, -0.25) is 4.79 Å². The second kappa shape index (κ2) is 10.1. The maximum absolute atomic E-state index is 13.0. The first-order chi connectivity index (χ1) is 10.2. The van der Waals surface area contributed by atoms with Gasteiger partial charge in [0, 0.05) is 12.6 Å². The number of nitrogens with zero attached hydrogens (tertiary/aromatic N) is 1. The van der Waals surface area contributed by atoms with E-state index in [0.29, 0.717) is 12.1 Å². The Labute approximate surface area is 126 Å². The van der Waals surface area contributed by atoms with Crippen LogP contribution in [0.2, 0.25) is 0 Å². The van der Waals surface area contributed by atoms with Crippen LogP contribution in [-0.2, 0) is 4.79 Å². The minimum Gasteiger partial charge on any atom is -0.353 e. The van der Waals surface area contributed by atoms with Gasteiger partial charge in [0.1, 0.15) is 5.82 Å². The van der Waals surface area contributed by atoms with Crippen molar-refractivity contribution in [3.8, 4) is 0 Å². The predicted octanol–water partition coefficient (Wildman–Crippen LogP) is 3.08. The Morgan fingerprint density at radius 2 is 2.05 bits per heavy atom. The van der Waals surface area contributed by atoms with E-state index in [-0.39, 0.29) is 11.7 Å². The second-order valence-corrected chi connectivity index (χ2v) is 4.91. The van der Waals surface area contributed by atoms with Crippen LogP contribution in [0.1, 0.15) is 32.3 Å². The summed E-state index contributed by atoms with van der Waals surface area (Å²) in [7, 11) is 0. The summed E-state index contributed by atoms with van der Waals surface area (Å²) in [5.74, 6) is -0.434. The van der Waals surface area contributed by atoms with Gasteiger partial charge in [-0.1, -0.05) is 26.0 Å². The Morgan fingerprint density at radius 3 is 2.71 bits per heavy atom. The Hall–Kier alpha value is -1.68. The summed E-state index contributed by atoms with van der Waals surface area (Å²) in [6.45, 7) is 8.19. The van der Waals surface area contributed by atoms with Crippen molar-refractivity contribution in [3.05, 3.63) is 41.7 Å². The molecule has 0 atom stereocenters. The van der Waals surface area contributed by atoms with Gasteiger partial charge in [-0.15, -0.1) is 0 Å². The van der Waals surface area contributed by atoms with Gasteiger partial charge in [0.2, 0.25) is 5.91 Å². The van der Waals surface area contributed by atoms with Crippen LogP contribution < -0.4 is 5.32 Å². The van der Waals surface area contributed by atoms with Crippen molar-refractivity contribution < 1.29 is 9.18 Å². The third-order valence-corrected chi connectivity index (χ3v) is 3.37. The lowest BCUT2D eigenvalue weighted by molar-refractivity contribution is -0.116. The zero-order valence-corrected chi connectivity index (χ0v) is 12.9. The first-order valence-electron chi connectivity index (χ1n) is 7.59. The molecule has 0 unspecified atom stereocenters. The van der Waals surface area contributed by atoms with Crippen molar-refractivity contribution in [1.82, 2.24) is 10.2 Å². The highest BCUT2D eigenvalue weighted by Gasteiger charge is 1.99. The standard InChI is InChI=1S/C17H25FN2O/c1-3-20(4-2)13-6-5-12-19-17(21)11-10-15-8-7-9-16(18)14-15/h7-11,14H,3-6,12-13H2,1-2H3,(H,19,21)/b11-10+. The van der Waals surface area contributed by atoms with Crippen LogP contribution in [0.4, 0.5) is 4.39 Å². The van der Waals surface area contributed by atoms with Crippen LogP contribution >= 0.6 is 0 Å². The van der Waals surface area contributed by atoms with E-state index >= 15 is 0 Å². The number of halogens is 1. The number of unbranched alkanes of at least 4 members (excludes halogenated alkanes) is 1. The lowest BCUT2D eigenvalue weighted by atomic mass is 10.2. The second-order valence-electron chi connectivity index (χ2n) is 4.91. The number of benzene rings is 1. The predicted molar refractivity (Wildman–Crippen MR) is 85.5 cm³/mol. The van der Waals surface area contributed by atoms with Gasteiger partial charge in [0.15, 0.2) is 0 Å². The highest BCUT2D eigenvalue weighted by atomic mass is 19.1. The van der Waals surface area contributed by atoms with E-state index in [1.165, 1.54) is 18.2 Å². The van der Waals surface area contributed by atoms with E-state index in [1.54, 1.807) is 18.2 Å². The first-order valence-corrected chi connectivity index (χ1v) is 7.59. The SMILES string of the molecule is CCN(CC)CCCCNC(=O)/C=C/c1cccc(F)c1. The first kappa shape index (κ1) is 17.4. The van der Waals surface area contributed by atoms with Crippen LogP contribution in [0.3, 0.4) is 0 Å². The summed E-state index contributed by atoms with van der Waals surface area (Å²) in [5.41, 5.74) is 0.687. The van der Waals surface area contributed by atoms with Crippen LogP contribution in [-0.4, -0.2) is 37.0 Å². The Balaban J connectivity index is 2.19. The molecule has 0 aliphatic heterocycles. The summed E-state index contributed by atoms with van der Waals surface area (Å²) in [6, 6.07) is 6.16. The minimum atomic E-state index is -0.297. The highest BCUT2D eigenvalue weighted by molar-refractivity contribution is 5.91. The van der Waals surface area contributed by atoms with Crippen molar-refractivity contribution in [3.63, 3.8) is 0 Å². The fraction of sp³-hybridized carbons (Fsp3) is 0.471. The molecular weight excluding hydrogens is 267 g/mol. The molecule has 116 valence electrons. The molecule has 21 heavy (non-hydrogen) atoms. The van der Waals surface area contributed by atoms with E-state index in [4.69, 9.17) is 0 Å². The molecule has 1 N–H and O–H groups in total. The van der Waals surface area contributed by atoms with Gasteiger partial charge in [0.25, 0.3) is 0 Å². The minimum absolute atomic E-state index is 0.137. The molecule has 1 amide bonds. The molecule has 0 bridgehead atoms. The largest absolute Gasteiger partial charge is 0.353 e. The van der Waals surface area contributed by atoms with E-state index in [2.05, 4.69) is 24.1 Å². The summed E-state index contributed by atoms with van der Waals surface area (Å²) in [4.78, 5) is 14.0. The average Bonchev–Trinajstić information content (AvgIpc) is 2.49. The normalized spacial score (nSPS) is 11.2. The molecule has 3 nitrogen and oxygen atoms in total. The molecule has 1 rings (SSSR count). The number of hydrogen-bond acceptors (Lipinski definition) is 2. The van der Waals surface area contributed by atoms with Crippen molar-refractivity contribution >= 4 is 12.0 Å². The molecule has 1 aromatic carbocycles. The van der Waals surface area contributed by atoms with Crippen LogP contribution in [0.5, 0.6) is 0 Å². The third kappa shape index (κ3) is 7.61. The maximum Gasteiger partial charge on any atom is 0.243 e. The monoisotopic (exact) mass is 292 g/mol. The quantitative estimate of drug-likeness (QED) is 0.560. The number of amides is 1. The van der Waals surface area contributed by atoms with E-state index in [0.717, 1.165) is 32.5 Å². The summed E-state index contributed by atoms with van der Waals surface area (Å²) >= 11 is 0. The van der Waals surface area contributed by atoms with Crippen molar-refractivity contribution in [2.24, 2.45) is 0 Å². The Bertz CT molecular complexity index is 456. The number of nitrogens with one attached hydrogen (secondary N) is 1. The Kier molecular flexibility index (Phi) is 8.36. The average molecular weight is 292 g/mol. The molecule has 0 radical (unpaired) electrons. The maximum atomic E-state index is 13.0. The molecule has 0 heterocycles. The molecule has 0 aromatic heterocycles. The van der Waals surface area contributed by atoms with E-state index in [9.17, 15) is 9.18 Å². The molecular formula is C17H25FN2O. The highest BCUT2D eigenvalue weighted by Crippen LogP contribution is 2.05. The number of carbonyl (C=O) groups is 1. The van der Waals surface area contributed by atoms with Crippen LogP contribution in [0, 0.1) is 5.82 Å². The van der Waals surface area contributed by atoms with Gasteiger partial charge >= 0.3 is 0 Å².